The fourth-order valence-electron chi connectivity index (χ4n) is 3.74. The van der Waals surface area contributed by atoms with E-state index in [0.717, 1.165) is 27.6 Å². The zero-order valence-corrected chi connectivity index (χ0v) is 17.9. The Morgan fingerprint density at radius 2 is 1.47 bits per heavy atom. The molecule has 3 aromatic carbocycles. The first-order chi connectivity index (χ1) is 14.5. The number of rotatable bonds is 3. The summed E-state index contributed by atoms with van der Waals surface area (Å²) in [4.78, 5) is 8.87. The van der Waals surface area contributed by atoms with Crippen LogP contribution >= 0.6 is 34.8 Å². The summed E-state index contributed by atoms with van der Waals surface area (Å²) in [5, 5.41) is 2.26. The van der Waals surface area contributed by atoms with Crippen molar-refractivity contribution in [3.63, 3.8) is 0 Å². The van der Waals surface area contributed by atoms with Crippen molar-refractivity contribution in [2.45, 2.75) is 5.79 Å². The summed E-state index contributed by atoms with van der Waals surface area (Å²) in [5.41, 5.74) is 3.96. The fraction of sp³-hybridized carbons (Fsp3) is 0.130. The van der Waals surface area contributed by atoms with E-state index in [2.05, 4.69) is 9.97 Å². The predicted molar refractivity (Wildman–Crippen MR) is 119 cm³/mol. The Balaban J connectivity index is 1.73. The highest BCUT2D eigenvalue weighted by atomic mass is 35.5. The molecule has 4 nitrogen and oxygen atoms in total. The highest BCUT2D eigenvalue weighted by molar-refractivity contribution is 6.31. The number of ether oxygens (including phenoxy) is 2. The number of benzene rings is 3. The highest BCUT2D eigenvalue weighted by Crippen LogP contribution is 2.41. The molecule has 1 aliphatic heterocycles. The third-order valence-electron chi connectivity index (χ3n) is 5.06. The second kappa shape index (κ2) is 7.80. The van der Waals surface area contributed by atoms with E-state index >= 15 is 0 Å². The maximum Gasteiger partial charge on any atom is 0.223 e. The molecule has 5 rings (SSSR count). The molecule has 2 heterocycles. The smallest absolute Gasteiger partial charge is 0.223 e. The van der Waals surface area contributed by atoms with Gasteiger partial charge in [-0.05, 0) is 48.0 Å². The van der Waals surface area contributed by atoms with Crippen LogP contribution in [0.15, 0.2) is 66.7 Å². The van der Waals surface area contributed by atoms with Gasteiger partial charge in [0, 0.05) is 32.1 Å². The van der Waals surface area contributed by atoms with Gasteiger partial charge in [0.15, 0.2) is 0 Å². The van der Waals surface area contributed by atoms with Crippen molar-refractivity contribution >= 4 is 45.7 Å². The van der Waals surface area contributed by atoms with Crippen LogP contribution in [0, 0.1) is 0 Å². The van der Waals surface area contributed by atoms with Gasteiger partial charge in [0.25, 0.3) is 0 Å². The molecule has 1 aromatic heterocycles. The number of hydrogen-bond donors (Lipinski definition) is 0. The van der Waals surface area contributed by atoms with E-state index in [1.807, 2.05) is 66.7 Å². The zero-order chi connectivity index (χ0) is 20.7. The van der Waals surface area contributed by atoms with Gasteiger partial charge in [0.1, 0.15) is 0 Å². The van der Waals surface area contributed by atoms with Gasteiger partial charge >= 0.3 is 0 Å². The minimum Gasteiger partial charge on any atom is -0.340 e. The van der Waals surface area contributed by atoms with Crippen molar-refractivity contribution in [3.8, 4) is 11.3 Å². The third kappa shape index (κ3) is 3.45. The number of halogens is 3. The van der Waals surface area contributed by atoms with Crippen molar-refractivity contribution in [2.75, 3.05) is 13.2 Å². The van der Waals surface area contributed by atoms with Gasteiger partial charge in [-0.15, -0.1) is 0 Å². The van der Waals surface area contributed by atoms with E-state index in [-0.39, 0.29) is 5.28 Å². The lowest BCUT2D eigenvalue weighted by Crippen LogP contribution is -2.28. The summed E-state index contributed by atoms with van der Waals surface area (Å²) >= 11 is 18.5. The maximum atomic E-state index is 6.21. The van der Waals surface area contributed by atoms with Crippen molar-refractivity contribution in [2.24, 2.45) is 0 Å². The maximum absolute atomic E-state index is 6.21. The van der Waals surface area contributed by atoms with E-state index in [1.54, 1.807) is 0 Å². The minimum absolute atomic E-state index is 0.172. The first-order valence-corrected chi connectivity index (χ1v) is 10.5. The van der Waals surface area contributed by atoms with E-state index < -0.39 is 5.79 Å². The molecule has 0 spiro atoms. The van der Waals surface area contributed by atoms with Crippen molar-refractivity contribution in [1.82, 2.24) is 9.97 Å². The average Bonchev–Trinajstić information content (AvgIpc) is 3.24. The van der Waals surface area contributed by atoms with Gasteiger partial charge in [-0.1, -0.05) is 53.5 Å². The lowest BCUT2D eigenvalue weighted by atomic mass is 9.94. The molecule has 0 amide bonds. The number of hydrogen-bond acceptors (Lipinski definition) is 4. The number of nitrogens with zero attached hydrogens (tertiary/aromatic N) is 2. The summed E-state index contributed by atoms with van der Waals surface area (Å²) in [6, 6.07) is 20.8. The fourth-order valence-corrected chi connectivity index (χ4v) is 4.23. The van der Waals surface area contributed by atoms with Gasteiger partial charge < -0.3 is 9.47 Å². The molecule has 1 saturated heterocycles. The molecule has 0 bridgehead atoms. The third-order valence-corrected chi connectivity index (χ3v) is 5.72. The molecule has 4 aromatic rings. The Bertz CT molecular complexity index is 1240. The van der Waals surface area contributed by atoms with Crippen molar-refractivity contribution in [3.05, 3.63) is 93.2 Å². The molecule has 0 saturated carbocycles. The predicted octanol–water partition coefficient (Wildman–Crippen LogP) is 6.50. The second-order valence-electron chi connectivity index (χ2n) is 6.90. The average molecular weight is 458 g/mol. The van der Waals surface area contributed by atoms with Crippen LogP contribution in [0.4, 0.5) is 0 Å². The van der Waals surface area contributed by atoms with E-state index in [9.17, 15) is 0 Å². The second-order valence-corrected chi connectivity index (χ2v) is 8.11. The van der Waals surface area contributed by atoms with Crippen molar-refractivity contribution < 1.29 is 9.47 Å². The standard InChI is InChI=1S/C23H15Cl3N2O2/c24-17-7-4-15(5-8-17)23(29-10-11-30-23)16-6-9-20-19(13-16)21(28-22(26)27-20)14-2-1-3-18(25)12-14/h1-9,12-13H,10-11H2. The van der Waals surface area contributed by atoms with E-state index in [1.165, 1.54) is 0 Å². The monoisotopic (exact) mass is 456 g/mol. The van der Waals surface area contributed by atoms with Crippen LogP contribution in [0.3, 0.4) is 0 Å². The summed E-state index contributed by atoms with van der Waals surface area (Å²) in [7, 11) is 0. The van der Waals surface area contributed by atoms with Gasteiger partial charge in [0.2, 0.25) is 11.1 Å². The summed E-state index contributed by atoms with van der Waals surface area (Å²) in [6.07, 6.45) is 0. The van der Waals surface area contributed by atoms with Crippen LogP contribution in [0.5, 0.6) is 0 Å². The normalized spacial score (nSPS) is 15.6. The molecule has 0 N–H and O–H groups in total. The van der Waals surface area contributed by atoms with Crippen LogP contribution in [0.2, 0.25) is 15.3 Å². The van der Waals surface area contributed by atoms with Gasteiger partial charge in [-0.2, -0.15) is 0 Å². The first kappa shape index (κ1) is 19.7. The van der Waals surface area contributed by atoms with Gasteiger partial charge in [-0.25, -0.2) is 9.97 Å². The number of aromatic nitrogens is 2. The Hall–Kier alpha value is -2.21. The van der Waals surface area contributed by atoms with Crippen LogP contribution < -0.4 is 0 Å². The van der Waals surface area contributed by atoms with Crippen LogP contribution in [-0.2, 0) is 15.3 Å². The molecular weight excluding hydrogens is 443 g/mol. The minimum atomic E-state index is -1.02. The van der Waals surface area contributed by atoms with Gasteiger partial charge in [-0.3, -0.25) is 0 Å². The van der Waals surface area contributed by atoms with E-state index in [0.29, 0.717) is 29.0 Å². The van der Waals surface area contributed by atoms with Crippen LogP contribution in [0.25, 0.3) is 22.2 Å². The Morgan fingerprint density at radius 1 is 0.733 bits per heavy atom. The van der Waals surface area contributed by atoms with Gasteiger partial charge in [0.05, 0.1) is 24.4 Å². The Morgan fingerprint density at radius 3 is 2.20 bits per heavy atom. The lowest BCUT2D eigenvalue weighted by Gasteiger charge is -2.28. The Kier molecular flexibility index (Phi) is 5.13. The largest absolute Gasteiger partial charge is 0.340 e. The van der Waals surface area contributed by atoms with Crippen LogP contribution in [-0.4, -0.2) is 23.2 Å². The van der Waals surface area contributed by atoms with Crippen molar-refractivity contribution in [1.29, 1.82) is 0 Å². The molecule has 0 unspecified atom stereocenters. The molecule has 0 radical (unpaired) electrons. The molecule has 1 fully saturated rings. The van der Waals surface area contributed by atoms with Crippen LogP contribution in [0.1, 0.15) is 11.1 Å². The van der Waals surface area contributed by atoms with E-state index in [4.69, 9.17) is 44.3 Å². The molecule has 150 valence electrons. The summed E-state index contributed by atoms with van der Waals surface area (Å²) in [5.74, 6) is -1.02. The SMILES string of the molecule is Clc1ccc(C2(c3ccc4nc(Cl)nc(-c5cccc(Cl)c5)c4c3)OCCO2)cc1. The summed E-state index contributed by atoms with van der Waals surface area (Å²) < 4.78 is 12.3. The molecule has 0 aliphatic carbocycles. The number of fused-ring (bicyclic) bond motifs is 1. The summed E-state index contributed by atoms with van der Waals surface area (Å²) in [6.45, 7) is 0.970. The Labute approximate surface area is 188 Å². The molecule has 1 aliphatic rings. The molecule has 7 heteroatoms. The quantitative estimate of drug-likeness (QED) is 0.329. The topological polar surface area (TPSA) is 44.2 Å². The molecule has 0 atom stereocenters. The molecule has 30 heavy (non-hydrogen) atoms. The molecular formula is C23H15Cl3N2O2. The zero-order valence-electron chi connectivity index (χ0n) is 15.6. The lowest BCUT2D eigenvalue weighted by molar-refractivity contribution is -0.129. The highest BCUT2D eigenvalue weighted by Gasteiger charge is 2.41. The first-order valence-electron chi connectivity index (χ1n) is 9.33.